The first-order valence-electron chi connectivity index (χ1n) is 3.33. The van der Waals surface area contributed by atoms with E-state index in [9.17, 15) is 35.3 Å². The largest absolute Gasteiger partial charge is 0.400 e. The summed E-state index contributed by atoms with van der Waals surface area (Å²) in [7, 11) is -1.44. The van der Waals surface area contributed by atoms with Crippen LogP contribution >= 0.6 is 8.69 Å². The van der Waals surface area contributed by atoms with E-state index < -0.39 is 39.7 Å². The molecule has 3 atom stereocenters. The van der Waals surface area contributed by atoms with Crippen LogP contribution in [0.4, 0.5) is 30.7 Å². The van der Waals surface area contributed by atoms with Gasteiger partial charge >= 0.3 is 14.9 Å². The molecule has 0 spiro atoms. The monoisotopic (exact) mass is 260 g/mol. The Morgan fingerprint density at radius 3 is 1.80 bits per heavy atom. The minimum absolute atomic E-state index is 1.44. The molecule has 0 heterocycles. The zero-order valence-electron chi connectivity index (χ0n) is 6.72. The minimum atomic E-state index is -5.61. The molecule has 0 bridgehead atoms. The van der Waals surface area contributed by atoms with E-state index in [1.165, 1.54) is 0 Å². The van der Waals surface area contributed by atoms with Gasteiger partial charge in [-0.3, -0.25) is 4.52 Å². The van der Waals surface area contributed by atoms with Crippen molar-refractivity contribution in [3.05, 3.63) is 0 Å². The Bertz CT molecular complexity index is 208. The highest BCUT2D eigenvalue weighted by molar-refractivity contribution is 7.17. The fraction of sp³-hybridized carbons (Fsp3) is 1.00. The van der Waals surface area contributed by atoms with Crippen LogP contribution in [-0.4, -0.2) is 25.1 Å². The Hall–Kier alpha value is -0.430. The van der Waals surface area contributed by atoms with E-state index in [2.05, 4.69) is 4.52 Å². The highest BCUT2D eigenvalue weighted by atomic mass is 31.1. The lowest BCUT2D eigenvalue weighted by atomic mass is 10.0. The van der Waals surface area contributed by atoms with E-state index in [-0.39, 0.29) is 0 Å². The van der Waals surface area contributed by atoms with Crippen molar-refractivity contribution in [3.8, 4) is 0 Å². The van der Waals surface area contributed by atoms with E-state index in [0.29, 0.717) is 0 Å². The fourth-order valence-electron chi connectivity index (χ4n) is 0.725. The first-order chi connectivity index (χ1) is 6.71. The first-order valence-corrected chi connectivity index (χ1v) is 4.06. The quantitative estimate of drug-likeness (QED) is 0.560. The van der Waals surface area contributed by atoms with E-state index >= 15 is 0 Å². The molecule has 0 fully saturated rings. The normalized spacial score (nSPS) is 19.2. The Morgan fingerprint density at radius 1 is 1.07 bits per heavy atom. The van der Waals surface area contributed by atoms with Crippen LogP contribution in [0.25, 0.3) is 0 Å². The Labute approximate surface area is 80.7 Å². The van der Waals surface area contributed by atoms with Gasteiger partial charge in [-0.15, -0.1) is 0 Å². The van der Waals surface area contributed by atoms with Crippen molar-refractivity contribution in [3.63, 3.8) is 0 Å². The molecular formula is C5H4F7O2P. The summed E-state index contributed by atoms with van der Waals surface area (Å²) in [4.78, 5) is 0. The molecule has 0 aliphatic carbocycles. The lowest BCUT2D eigenvalue weighted by Crippen LogP contribution is -2.42. The van der Waals surface area contributed by atoms with Crippen LogP contribution in [0.1, 0.15) is 0 Å². The highest BCUT2D eigenvalue weighted by Crippen LogP contribution is 2.37. The lowest BCUT2D eigenvalue weighted by molar-refractivity contribution is -0.239. The predicted octanol–water partition coefficient (Wildman–Crippen LogP) is 3.29. The zero-order valence-corrected chi connectivity index (χ0v) is 7.61. The van der Waals surface area contributed by atoms with Crippen molar-refractivity contribution in [1.82, 2.24) is 0 Å². The molecule has 0 aromatic heterocycles. The van der Waals surface area contributed by atoms with E-state index in [1.54, 1.807) is 0 Å². The molecule has 0 rings (SSSR count). The van der Waals surface area contributed by atoms with Crippen LogP contribution in [0.2, 0.25) is 0 Å². The third kappa shape index (κ3) is 4.29. The van der Waals surface area contributed by atoms with E-state index in [4.69, 9.17) is 0 Å². The molecule has 15 heavy (non-hydrogen) atoms. The van der Waals surface area contributed by atoms with Gasteiger partial charge in [0.1, 0.15) is 0 Å². The topological polar surface area (TPSA) is 26.3 Å². The molecular weight excluding hydrogens is 256 g/mol. The van der Waals surface area contributed by atoms with Gasteiger partial charge in [0.2, 0.25) is 6.36 Å². The van der Waals surface area contributed by atoms with Gasteiger partial charge in [-0.2, -0.15) is 13.2 Å². The molecule has 0 saturated heterocycles. The lowest BCUT2D eigenvalue weighted by Gasteiger charge is -2.23. The van der Waals surface area contributed by atoms with Crippen molar-refractivity contribution in [2.45, 2.75) is 25.1 Å². The second kappa shape index (κ2) is 5.60. The second-order valence-corrected chi connectivity index (χ2v) is 2.74. The molecule has 0 aliphatic rings. The Balaban J connectivity index is 4.70. The van der Waals surface area contributed by atoms with Crippen molar-refractivity contribution >= 4 is 8.69 Å². The molecule has 0 amide bonds. The summed E-state index contributed by atoms with van der Waals surface area (Å²) in [5, 5.41) is 0. The van der Waals surface area contributed by atoms with Crippen molar-refractivity contribution in [2.75, 3.05) is 0 Å². The van der Waals surface area contributed by atoms with Crippen LogP contribution in [0, 0.1) is 5.92 Å². The number of rotatable bonds is 5. The molecule has 0 radical (unpaired) electrons. The minimum Gasteiger partial charge on any atom is -0.255 e. The van der Waals surface area contributed by atoms with E-state index in [0.717, 1.165) is 0 Å². The zero-order chi connectivity index (χ0) is 12.2. The molecule has 0 N–H and O–H groups in total. The number of hydrogen-bond donors (Lipinski definition) is 0. The summed E-state index contributed by atoms with van der Waals surface area (Å²) >= 11 is 0. The molecule has 2 nitrogen and oxygen atoms in total. The molecule has 0 aromatic carbocycles. The second-order valence-electron chi connectivity index (χ2n) is 2.38. The number of alkyl halides is 7. The maximum Gasteiger partial charge on any atom is 0.400 e. The predicted molar refractivity (Wildman–Crippen MR) is 34.0 cm³/mol. The van der Waals surface area contributed by atoms with Crippen molar-refractivity contribution < 1.29 is 39.8 Å². The average Bonchev–Trinajstić information content (AvgIpc) is 2.00. The summed E-state index contributed by atoms with van der Waals surface area (Å²) in [6.07, 6.45) is -16.7. The average molecular weight is 260 g/mol. The van der Waals surface area contributed by atoms with Crippen LogP contribution < -0.4 is 0 Å². The van der Waals surface area contributed by atoms with Crippen LogP contribution in [0.3, 0.4) is 0 Å². The molecule has 90 valence electrons. The summed E-state index contributed by atoms with van der Waals surface area (Å²) in [5.74, 6) is -3.81. The van der Waals surface area contributed by atoms with Gasteiger partial charge in [-0.05, 0) is 0 Å². The van der Waals surface area contributed by atoms with E-state index in [1.807, 2.05) is 0 Å². The van der Waals surface area contributed by atoms with Gasteiger partial charge in [-0.1, -0.05) is 0 Å². The van der Waals surface area contributed by atoms with Gasteiger partial charge in [0.05, 0.1) is 0 Å². The van der Waals surface area contributed by atoms with Crippen LogP contribution in [0.5, 0.6) is 0 Å². The molecule has 0 aromatic rings. The van der Waals surface area contributed by atoms with Crippen LogP contribution in [0.15, 0.2) is 0 Å². The number of hydrogen-bond acceptors (Lipinski definition) is 2. The van der Waals surface area contributed by atoms with Gasteiger partial charge < -0.3 is 0 Å². The third-order valence-corrected chi connectivity index (χ3v) is 1.67. The first kappa shape index (κ1) is 14.6. The van der Waals surface area contributed by atoms with Crippen molar-refractivity contribution in [2.24, 2.45) is 5.92 Å². The summed E-state index contributed by atoms with van der Waals surface area (Å²) in [5.41, 5.74) is 0. The maximum absolute atomic E-state index is 12.6. The summed E-state index contributed by atoms with van der Waals surface area (Å²) in [6, 6.07) is 0. The smallest absolute Gasteiger partial charge is 0.255 e. The van der Waals surface area contributed by atoms with Crippen molar-refractivity contribution in [1.29, 1.82) is 0 Å². The molecule has 0 saturated carbocycles. The Morgan fingerprint density at radius 2 is 1.53 bits per heavy atom. The fourth-order valence-corrected chi connectivity index (χ4v) is 0.923. The van der Waals surface area contributed by atoms with Gasteiger partial charge in [0, 0.05) is 0 Å². The molecule has 10 heteroatoms. The maximum atomic E-state index is 12.6. The molecule has 3 unspecified atom stereocenters. The Kier molecular flexibility index (Phi) is 5.44. The highest BCUT2D eigenvalue weighted by Gasteiger charge is 2.54. The standard InChI is InChI=1S/C5H4F7O2P/c6-2(4(9)14-15-13)1(3(7)8)5(10,11)12/h1-4H. The SMILES string of the molecule is O=POC(F)C(F)C(C(F)F)C(F)(F)F. The summed E-state index contributed by atoms with van der Waals surface area (Å²) in [6.45, 7) is 0. The van der Waals surface area contributed by atoms with Gasteiger partial charge in [0.25, 0.3) is 6.43 Å². The third-order valence-electron chi connectivity index (χ3n) is 1.39. The van der Waals surface area contributed by atoms with Gasteiger partial charge in [0.15, 0.2) is 12.1 Å². The van der Waals surface area contributed by atoms with Gasteiger partial charge in [-0.25, -0.2) is 22.1 Å². The molecule has 0 aliphatic heterocycles. The van der Waals surface area contributed by atoms with Crippen LogP contribution in [-0.2, 0) is 9.09 Å². The number of halogens is 7. The summed E-state index contributed by atoms with van der Waals surface area (Å²) < 4.78 is 96.6.